The van der Waals surface area contributed by atoms with Crippen LogP contribution in [-0.2, 0) is 0 Å². The average Bonchev–Trinajstić information content (AvgIpc) is 2.27. The maximum Gasteiger partial charge on any atom is 0.251 e. The summed E-state index contributed by atoms with van der Waals surface area (Å²) in [7, 11) is 0. The molecule has 0 saturated carbocycles. The van der Waals surface area contributed by atoms with Crippen LogP contribution in [0.2, 0.25) is 0 Å². The number of carbonyl (C=O) groups is 1. The van der Waals surface area contributed by atoms with Crippen LogP contribution in [-0.4, -0.2) is 18.0 Å². The van der Waals surface area contributed by atoms with Gasteiger partial charge < -0.3 is 11.1 Å². The minimum Gasteiger partial charge on any atom is -0.346 e. The van der Waals surface area contributed by atoms with Crippen LogP contribution in [0.1, 0.15) is 43.1 Å². The fraction of sp³-hybridized carbons (Fsp3) is 0.533. The summed E-state index contributed by atoms with van der Waals surface area (Å²) < 4.78 is 0. The van der Waals surface area contributed by atoms with E-state index in [9.17, 15) is 4.79 Å². The third-order valence-electron chi connectivity index (χ3n) is 3.00. The number of carbonyl (C=O) groups excluding carboxylic acids is 1. The molecule has 0 heterocycles. The van der Waals surface area contributed by atoms with E-state index in [1.54, 1.807) is 0 Å². The predicted octanol–water partition coefficient (Wildman–Crippen LogP) is 2.49. The Hall–Kier alpha value is -1.35. The molecular formula is C15H24N2O. The lowest BCUT2D eigenvalue weighted by Gasteiger charge is -2.31. The summed E-state index contributed by atoms with van der Waals surface area (Å²) >= 11 is 0. The number of rotatable bonds is 5. The van der Waals surface area contributed by atoms with Gasteiger partial charge in [0.2, 0.25) is 0 Å². The lowest BCUT2D eigenvalue weighted by molar-refractivity contribution is 0.0898. The summed E-state index contributed by atoms with van der Waals surface area (Å²) in [4.78, 5) is 12.2. The molecule has 0 aliphatic heterocycles. The molecule has 0 aliphatic carbocycles. The van der Waals surface area contributed by atoms with Crippen LogP contribution in [0.5, 0.6) is 0 Å². The molecule has 3 nitrogen and oxygen atoms in total. The van der Waals surface area contributed by atoms with Gasteiger partial charge in [-0.1, -0.05) is 31.5 Å². The molecule has 1 rings (SSSR count). The van der Waals surface area contributed by atoms with Crippen molar-refractivity contribution in [1.82, 2.24) is 5.32 Å². The first-order chi connectivity index (χ1) is 8.36. The minimum absolute atomic E-state index is 0.0488. The quantitative estimate of drug-likeness (QED) is 0.841. The van der Waals surface area contributed by atoms with Crippen LogP contribution < -0.4 is 11.1 Å². The molecule has 0 spiro atoms. The van der Waals surface area contributed by atoms with E-state index in [0.29, 0.717) is 18.0 Å². The summed E-state index contributed by atoms with van der Waals surface area (Å²) in [5.74, 6) is 0.448. The second-order valence-electron chi connectivity index (χ2n) is 5.69. The molecule has 0 fully saturated rings. The van der Waals surface area contributed by atoms with Crippen LogP contribution in [0.15, 0.2) is 24.3 Å². The highest BCUT2D eigenvalue weighted by atomic mass is 16.1. The smallest absolute Gasteiger partial charge is 0.251 e. The Balaban J connectivity index is 2.79. The second kappa shape index (κ2) is 6.01. The number of nitrogens with one attached hydrogen (secondary N) is 1. The lowest BCUT2D eigenvalue weighted by atomic mass is 9.90. The van der Waals surface area contributed by atoms with Crippen molar-refractivity contribution in [2.24, 2.45) is 11.7 Å². The van der Waals surface area contributed by atoms with Crippen molar-refractivity contribution in [3.05, 3.63) is 35.4 Å². The Morgan fingerprint density at radius 1 is 1.44 bits per heavy atom. The average molecular weight is 248 g/mol. The van der Waals surface area contributed by atoms with Crippen LogP contribution in [0.3, 0.4) is 0 Å². The molecular weight excluding hydrogens is 224 g/mol. The molecule has 0 aliphatic rings. The number of aryl methyl sites for hydroxylation is 1. The van der Waals surface area contributed by atoms with Gasteiger partial charge in [0.05, 0.1) is 0 Å². The summed E-state index contributed by atoms with van der Waals surface area (Å²) in [6.07, 6.45) is 0.876. The molecule has 18 heavy (non-hydrogen) atoms. The standard InChI is InChI=1S/C15H24N2O/c1-11(2)9-15(4,10-16)17-14(18)13-7-5-6-12(3)8-13/h5-8,11H,9-10,16H2,1-4H3,(H,17,18). The number of hydrogen-bond donors (Lipinski definition) is 2. The topological polar surface area (TPSA) is 55.1 Å². The predicted molar refractivity (Wildman–Crippen MR) is 75.6 cm³/mol. The van der Waals surface area contributed by atoms with Gasteiger partial charge in [0.1, 0.15) is 0 Å². The number of nitrogens with two attached hydrogens (primary N) is 1. The second-order valence-corrected chi connectivity index (χ2v) is 5.69. The summed E-state index contributed by atoms with van der Waals surface area (Å²) in [6, 6.07) is 7.59. The van der Waals surface area contributed by atoms with E-state index < -0.39 is 0 Å². The highest BCUT2D eigenvalue weighted by Gasteiger charge is 2.26. The van der Waals surface area contributed by atoms with E-state index in [4.69, 9.17) is 5.73 Å². The van der Waals surface area contributed by atoms with Gasteiger partial charge in [0, 0.05) is 17.6 Å². The Morgan fingerprint density at radius 2 is 2.11 bits per heavy atom. The van der Waals surface area contributed by atoms with Crippen molar-refractivity contribution >= 4 is 5.91 Å². The third-order valence-corrected chi connectivity index (χ3v) is 3.00. The Bertz CT molecular complexity index is 415. The van der Waals surface area contributed by atoms with Gasteiger partial charge in [-0.25, -0.2) is 0 Å². The Morgan fingerprint density at radius 3 is 2.61 bits per heavy atom. The molecule has 0 saturated heterocycles. The molecule has 100 valence electrons. The van der Waals surface area contributed by atoms with Crippen LogP contribution in [0.4, 0.5) is 0 Å². The molecule has 1 aromatic carbocycles. The zero-order valence-corrected chi connectivity index (χ0v) is 11.8. The van der Waals surface area contributed by atoms with E-state index in [-0.39, 0.29) is 11.4 Å². The molecule has 1 atom stereocenters. The zero-order valence-electron chi connectivity index (χ0n) is 11.8. The van der Waals surface area contributed by atoms with E-state index in [2.05, 4.69) is 19.2 Å². The highest BCUT2D eigenvalue weighted by Crippen LogP contribution is 2.16. The van der Waals surface area contributed by atoms with Crippen molar-refractivity contribution in [3.63, 3.8) is 0 Å². The maximum absolute atomic E-state index is 12.2. The fourth-order valence-corrected chi connectivity index (χ4v) is 2.22. The molecule has 0 radical (unpaired) electrons. The van der Waals surface area contributed by atoms with Gasteiger partial charge in [-0.05, 0) is 38.3 Å². The first-order valence-corrected chi connectivity index (χ1v) is 6.45. The summed E-state index contributed by atoms with van der Waals surface area (Å²) in [5.41, 5.74) is 7.24. The summed E-state index contributed by atoms with van der Waals surface area (Å²) in [6.45, 7) is 8.69. The van der Waals surface area contributed by atoms with Crippen molar-refractivity contribution in [1.29, 1.82) is 0 Å². The highest BCUT2D eigenvalue weighted by molar-refractivity contribution is 5.94. The van der Waals surface area contributed by atoms with Crippen molar-refractivity contribution in [3.8, 4) is 0 Å². The SMILES string of the molecule is Cc1cccc(C(=O)NC(C)(CN)CC(C)C)c1. The van der Waals surface area contributed by atoms with E-state index in [1.165, 1.54) is 0 Å². The van der Waals surface area contributed by atoms with Gasteiger partial charge in [0.25, 0.3) is 5.91 Å². The third kappa shape index (κ3) is 4.15. The van der Waals surface area contributed by atoms with Crippen LogP contribution >= 0.6 is 0 Å². The zero-order chi connectivity index (χ0) is 13.8. The Kier molecular flexibility index (Phi) is 4.91. The lowest BCUT2D eigenvalue weighted by Crippen LogP contribution is -2.52. The van der Waals surface area contributed by atoms with Gasteiger partial charge in [-0.15, -0.1) is 0 Å². The molecule has 0 aromatic heterocycles. The maximum atomic E-state index is 12.2. The molecule has 1 aromatic rings. The van der Waals surface area contributed by atoms with E-state index in [0.717, 1.165) is 12.0 Å². The largest absolute Gasteiger partial charge is 0.346 e. The van der Waals surface area contributed by atoms with Gasteiger partial charge >= 0.3 is 0 Å². The van der Waals surface area contributed by atoms with Crippen LogP contribution in [0, 0.1) is 12.8 Å². The number of amides is 1. The number of benzene rings is 1. The van der Waals surface area contributed by atoms with Gasteiger partial charge in [0.15, 0.2) is 0 Å². The summed E-state index contributed by atoms with van der Waals surface area (Å²) in [5, 5.41) is 3.05. The number of hydrogen-bond acceptors (Lipinski definition) is 2. The van der Waals surface area contributed by atoms with Crippen molar-refractivity contribution in [2.45, 2.75) is 39.7 Å². The first kappa shape index (κ1) is 14.7. The first-order valence-electron chi connectivity index (χ1n) is 6.45. The van der Waals surface area contributed by atoms with E-state index in [1.807, 2.05) is 38.1 Å². The van der Waals surface area contributed by atoms with Crippen LogP contribution in [0.25, 0.3) is 0 Å². The van der Waals surface area contributed by atoms with Crippen molar-refractivity contribution in [2.75, 3.05) is 6.54 Å². The molecule has 1 amide bonds. The Labute approximate surface area is 110 Å². The normalized spacial score (nSPS) is 14.3. The van der Waals surface area contributed by atoms with Gasteiger partial charge in [-0.3, -0.25) is 4.79 Å². The molecule has 0 bridgehead atoms. The van der Waals surface area contributed by atoms with Crippen molar-refractivity contribution < 1.29 is 4.79 Å². The van der Waals surface area contributed by atoms with E-state index >= 15 is 0 Å². The molecule has 1 unspecified atom stereocenters. The minimum atomic E-state index is -0.338. The fourth-order valence-electron chi connectivity index (χ4n) is 2.22. The van der Waals surface area contributed by atoms with Gasteiger partial charge in [-0.2, -0.15) is 0 Å². The molecule has 3 heteroatoms. The molecule has 3 N–H and O–H groups in total. The monoisotopic (exact) mass is 248 g/mol.